The number of aryl methyl sites for hydroxylation is 2. The predicted octanol–water partition coefficient (Wildman–Crippen LogP) is 5.70. The first-order chi connectivity index (χ1) is 17.4. The van der Waals surface area contributed by atoms with Gasteiger partial charge in [-0.3, -0.25) is 14.6 Å². The van der Waals surface area contributed by atoms with E-state index in [0.717, 1.165) is 11.1 Å². The Hall–Kier alpha value is -4.68. The third kappa shape index (κ3) is 3.39. The van der Waals surface area contributed by atoms with Crippen LogP contribution in [0.5, 0.6) is 0 Å². The van der Waals surface area contributed by atoms with Gasteiger partial charge in [-0.15, -0.1) is 0 Å². The Balaban J connectivity index is 1.73. The van der Waals surface area contributed by atoms with E-state index in [2.05, 4.69) is 31.2 Å². The maximum absolute atomic E-state index is 15.1. The van der Waals surface area contributed by atoms with Gasteiger partial charge in [-0.05, 0) is 67.4 Å². The number of aromatic nitrogens is 7. The zero-order chi connectivity index (χ0) is 25.0. The first-order valence-corrected chi connectivity index (χ1v) is 11.3. The lowest BCUT2D eigenvalue weighted by atomic mass is 10.0. The minimum atomic E-state index is -0.437. The van der Waals surface area contributed by atoms with Gasteiger partial charge < -0.3 is 0 Å². The molecule has 174 valence electrons. The molecule has 0 fully saturated rings. The fourth-order valence-corrected chi connectivity index (χ4v) is 4.64. The molecule has 0 amide bonds. The predicted molar refractivity (Wildman–Crippen MR) is 134 cm³/mol. The molecule has 0 bridgehead atoms. The van der Waals surface area contributed by atoms with Gasteiger partial charge in [0.05, 0.1) is 27.1 Å². The van der Waals surface area contributed by atoms with Crippen molar-refractivity contribution in [3.8, 4) is 34.3 Å². The molecular formula is C26H16ClFN8. The van der Waals surface area contributed by atoms with Crippen LogP contribution in [0.4, 0.5) is 4.39 Å². The largest absolute Gasteiger partial charge is 0.296 e. The van der Waals surface area contributed by atoms with E-state index >= 15 is 4.39 Å². The van der Waals surface area contributed by atoms with Crippen molar-refractivity contribution in [1.82, 2.24) is 34.7 Å². The highest BCUT2D eigenvalue weighted by Crippen LogP contribution is 2.37. The van der Waals surface area contributed by atoms with Crippen molar-refractivity contribution in [3.63, 3.8) is 0 Å². The number of hydrogen-bond donors (Lipinski definition) is 1. The second-order valence-corrected chi connectivity index (χ2v) is 8.66. The maximum Gasteiger partial charge on any atom is 0.183 e. The van der Waals surface area contributed by atoms with Crippen LogP contribution in [0.1, 0.15) is 17.3 Å². The molecule has 0 radical (unpaired) electrons. The minimum Gasteiger partial charge on any atom is -0.296 e. The SMILES string of the molecule is Cc1nc(-c2cc(-c3ccnc(C#N)c3)cc3c2nc(C)n3-c2ccnc3c(Cl)ccc(F)c23)n[nH]1. The van der Waals surface area contributed by atoms with E-state index in [1.54, 1.807) is 24.5 Å². The van der Waals surface area contributed by atoms with Crippen molar-refractivity contribution >= 4 is 33.5 Å². The summed E-state index contributed by atoms with van der Waals surface area (Å²) in [5.74, 6) is 1.34. The average Bonchev–Trinajstić information content (AvgIpc) is 3.47. The topological polar surface area (TPSA) is 109 Å². The van der Waals surface area contributed by atoms with Crippen molar-refractivity contribution in [2.75, 3.05) is 0 Å². The molecular weight excluding hydrogens is 479 g/mol. The van der Waals surface area contributed by atoms with Crippen molar-refractivity contribution < 1.29 is 4.39 Å². The summed E-state index contributed by atoms with van der Waals surface area (Å²) in [5, 5.41) is 17.2. The molecule has 10 heteroatoms. The number of hydrogen-bond acceptors (Lipinski definition) is 6. The lowest BCUT2D eigenvalue weighted by molar-refractivity contribution is 0.639. The number of nitrogens with one attached hydrogen (secondary N) is 1. The Morgan fingerprint density at radius 2 is 1.81 bits per heavy atom. The Labute approximate surface area is 209 Å². The summed E-state index contributed by atoms with van der Waals surface area (Å²) in [4.78, 5) is 17.7. The van der Waals surface area contributed by atoms with Crippen LogP contribution in [0.25, 0.3) is 50.1 Å². The van der Waals surface area contributed by atoms with Crippen LogP contribution in [-0.4, -0.2) is 34.7 Å². The van der Waals surface area contributed by atoms with Crippen molar-refractivity contribution in [3.05, 3.63) is 83.0 Å². The number of benzene rings is 2. The molecule has 0 saturated heterocycles. The number of H-pyrrole nitrogens is 1. The van der Waals surface area contributed by atoms with Gasteiger partial charge in [-0.1, -0.05) is 11.6 Å². The average molecular weight is 495 g/mol. The molecule has 0 atom stereocenters. The summed E-state index contributed by atoms with van der Waals surface area (Å²) in [6, 6.07) is 14.1. The van der Waals surface area contributed by atoms with Crippen LogP contribution < -0.4 is 0 Å². The maximum atomic E-state index is 15.1. The van der Waals surface area contributed by atoms with Crippen molar-refractivity contribution in [2.24, 2.45) is 0 Å². The molecule has 8 nitrogen and oxygen atoms in total. The molecule has 0 unspecified atom stereocenters. The molecule has 36 heavy (non-hydrogen) atoms. The van der Waals surface area contributed by atoms with Gasteiger partial charge in [0.1, 0.15) is 34.7 Å². The van der Waals surface area contributed by atoms with Crippen LogP contribution in [0.3, 0.4) is 0 Å². The van der Waals surface area contributed by atoms with E-state index < -0.39 is 5.82 Å². The normalized spacial score (nSPS) is 11.3. The molecule has 6 rings (SSSR count). The summed E-state index contributed by atoms with van der Waals surface area (Å²) in [5.41, 5.74) is 4.87. The van der Waals surface area contributed by atoms with Gasteiger partial charge in [-0.2, -0.15) is 10.4 Å². The molecule has 1 N–H and O–H groups in total. The van der Waals surface area contributed by atoms with Gasteiger partial charge in [0.15, 0.2) is 5.82 Å². The molecule has 0 aliphatic heterocycles. The summed E-state index contributed by atoms with van der Waals surface area (Å²) >= 11 is 6.36. The minimum absolute atomic E-state index is 0.295. The quantitative estimate of drug-likeness (QED) is 0.338. The highest BCUT2D eigenvalue weighted by atomic mass is 35.5. The van der Waals surface area contributed by atoms with Crippen LogP contribution >= 0.6 is 11.6 Å². The van der Waals surface area contributed by atoms with Crippen LogP contribution in [-0.2, 0) is 0 Å². The standard InChI is InChI=1S/C26H16ClFN8/c1-13-32-26(35-34-13)18-10-16(15-5-7-30-17(9-15)12-29)11-22-24(18)33-14(2)36(22)21-6-8-31-25-19(27)3-4-20(28)23(21)25/h3-11H,1-2H3,(H,32,34,35). The van der Waals surface area contributed by atoms with E-state index in [0.29, 0.717) is 61.4 Å². The molecule has 0 saturated carbocycles. The third-order valence-electron chi connectivity index (χ3n) is 5.98. The Morgan fingerprint density at radius 1 is 0.972 bits per heavy atom. The summed E-state index contributed by atoms with van der Waals surface area (Å²) in [6.45, 7) is 3.67. The number of nitriles is 1. The Bertz CT molecular complexity index is 1860. The molecule has 2 aromatic carbocycles. The summed E-state index contributed by atoms with van der Waals surface area (Å²) in [7, 11) is 0. The first kappa shape index (κ1) is 21.8. The molecule has 0 aliphatic carbocycles. The van der Waals surface area contributed by atoms with E-state index in [9.17, 15) is 5.26 Å². The number of aromatic amines is 1. The Kier molecular flexibility index (Phi) is 4.98. The highest BCUT2D eigenvalue weighted by Gasteiger charge is 2.21. The van der Waals surface area contributed by atoms with Gasteiger partial charge in [-0.25, -0.2) is 19.3 Å². The number of pyridine rings is 2. The second-order valence-electron chi connectivity index (χ2n) is 8.25. The lowest BCUT2D eigenvalue weighted by Gasteiger charge is -2.13. The van der Waals surface area contributed by atoms with Crippen LogP contribution in [0.15, 0.2) is 54.9 Å². The van der Waals surface area contributed by atoms with Gasteiger partial charge in [0.2, 0.25) is 0 Å². The van der Waals surface area contributed by atoms with E-state index in [4.69, 9.17) is 16.6 Å². The number of fused-ring (bicyclic) bond motifs is 2. The monoisotopic (exact) mass is 494 g/mol. The summed E-state index contributed by atoms with van der Waals surface area (Å²) < 4.78 is 17.0. The molecule has 0 aliphatic rings. The van der Waals surface area contributed by atoms with Crippen LogP contribution in [0.2, 0.25) is 5.02 Å². The fraction of sp³-hybridized carbons (Fsp3) is 0.0769. The van der Waals surface area contributed by atoms with E-state index in [1.165, 1.54) is 12.1 Å². The molecule has 4 heterocycles. The molecule has 6 aromatic rings. The third-order valence-corrected chi connectivity index (χ3v) is 6.29. The smallest absolute Gasteiger partial charge is 0.183 e. The van der Waals surface area contributed by atoms with E-state index in [1.807, 2.05) is 36.6 Å². The number of halogens is 2. The second kappa shape index (κ2) is 8.22. The molecule has 0 spiro atoms. The van der Waals surface area contributed by atoms with E-state index in [-0.39, 0.29) is 0 Å². The van der Waals surface area contributed by atoms with Crippen molar-refractivity contribution in [1.29, 1.82) is 5.26 Å². The van der Waals surface area contributed by atoms with Crippen LogP contribution in [0, 0.1) is 31.0 Å². The lowest BCUT2D eigenvalue weighted by Crippen LogP contribution is -2.01. The number of rotatable bonds is 3. The van der Waals surface area contributed by atoms with Crippen molar-refractivity contribution in [2.45, 2.75) is 13.8 Å². The van der Waals surface area contributed by atoms with Gasteiger partial charge in [0, 0.05) is 18.0 Å². The zero-order valence-corrected chi connectivity index (χ0v) is 19.8. The number of imidazole rings is 1. The highest BCUT2D eigenvalue weighted by molar-refractivity contribution is 6.35. The fourth-order valence-electron chi connectivity index (χ4n) is 4.43. The van der Waals surface area contributed by atoms with Gasteiger partial charge >= 0.3 is 0 Å². The number of nitrogens with zero attached hydrogens (tertiary/aromatic N) is 7. The Morgan fingerprint density at radius 3 is 2.58 bits per heavy atom. The zero-order valence-electron chi connectivity index (χ0n) is 19.1. The van der Waals surface area contributed by atoms with Gasteiger partial charge in [0.25, 0.3) is 0 Å². The first-order valence-electron chi connectivity index (χ1n) is 11.0. The molecule has 4 aromatic heterocycles. The summed E-state index contributed by atoms with van der Waals surface area (Å²) in [6.07, 6.45) is 3.19.